The molecule has 0 radical (unpaired) electrons. The number of halogens is 1. The zero-order valence-corrected chi connectivity index (χ0v) is 21.5. The molecule has 0 atom stereocenters. The fourth-order valence-corrected chi connectivity index (χ4v) is 5.25. The maximum absolute atomic E-state index is 13.8. The first-order valence-corrected chi connectivity index (χ1v) is 13.0. The highest BCUT2D eigenvalue weighted by atomic mass is 19.1. The van der Waals surface area contributed by atoms with Crippen molar-refractivity contribution in [3.8, 4) is 23.1 Å². The zero-order chi connectivity index (χ0) is 26.8. The average molecular weight is 519 g/mol. The molecule has 0 spiro atoms. The Hall–Kier alpha value is -4.61. The molecule has 0 unspecified atom stereocenters. The summed E-state index contributed by atoms with van der Waals surface area (Å²) in [5, 5.41) is 13.8. The molecule has 3 aliphatic rings. The maximum atomic E-state index is 13.8. The van der Waals surface area contributed by atoms with Crippen LogP contribution < -0.4 is 10.7 Å². The highest BCUT2D eigenvalue weighted by Gasteiger charge is 2.22. The highest BCUT2D eigenvalue weighted by molar-refractivity contribution is 5.84. The summed E-state index contributed by atoms with van der Waals surface area (Å²) in [7, 11) is 1.76. The summed E-state index contributed by atoms with van der Waals surface area (Å²) in [6.45, 7) is 0. The second kappa shape index (κ2) is 10.6. The first kappa shape index (κ1) is 24.7. The Morgan fingerprint density at radius 2 is 1.82 bits per heavy atom. The lowest BCUT2D eigenvalue weighted by Gasteiger charge is -2.25. The number of hydrogen-bond donors (Lipinski definition) is 1. The van der Waals surface area contributed by atoms with Crippen molar-refractivity contribution in [1.29, 1.82) is 5.26 Å². The van der Waals surface area contributed by atoms with Gasteiger partial charge in [0.25, 0.3) is 0 Å². The van der Waals surface area contributed by atoms with Crippen molar-refractivity contribution in [2.24, 2.45) is 4.99 Å². The molecule has 2 heterocycles. The number of ether oxygens (including phenoxy) is 1. The molecule has 1 aliphatic heterocycles. The highest BCUT2D eigenvalue weighted by Crippen LogP contribution is 2.31. The van der Waals surface area contributed by atoms with Crippen LogP contribution in [0.25, 0.3) is 28.1 Å². The molecule has 194 valence electrons. The van der Waals surface area contributed by atoms with Gasteiger partial charge in [0.05, 0.1) is 51.2 Å². The molecule has 2 aromatic carbocycles. The lowest BCUT2D eigenvalue weighted by Crippen LogP contribution is -2.25. The topological polar surface area (TPSA) is 88.1 Å². The zero-order valence-electron chi connectivity index (χ0n) is 21.5. The van der Waals surface area contributed by atoms with Gasteiger partial charge in [0.2, 0.25) is 0 Å². The summed E-state index contributed by atoms with van der Waals surface area (Å²) in [4.78, 5) is 14.5. The minimum atomic E-state index is -0.292. The molecule has 1 aromatic heterocycles. The molecule has 3 aromatic rings. The van der Waals surface area contributed by atoms with Crippen molar-refractivity contribution in [2.45, 2.75) is 37.8 Å². The van der Waals surface area contributed by atoms with E-state index in [2.05, 4.69) is 20.9 Å². The summed E-state index contributed by atoms with van der Waals surface area (Å²) in [5.41, 5.74) is 5.27. The smallest absolute Gasteiger partial charge is 0.148 e. The summed E-state index contributed by atoms with van der Waals surface area (Å²) in [6, 6.07) is 24.1. The molecule has 6 rings (SSSR count). The minimum Gasteiger partial charge on any atom is -0.381 e. The van der Waals surface area contributed by atoms with E-state index in [1.165, 1.54) is 12.1 Å². The SMILES string of the molecule is COC1CCC(/N=c2\cc3n(-c4ccc(F)cc4)c4ccccc4nc-3cc2Nc2ncccc2C#N)CC1. The predicted molar refractivity (Wildman–Crippen MR) is 149 cm³/mol. The van der Waals surface area contributed by atoms with Crippen molar-refractivity contribution < 1.29 is 9.13 Å². The van der Waals surface area contributed by atoms with Gasteiger partial charge in [-0.3, -0.25) is 4.99 Å². The van der Waals surface area contributed by atoms with Crippen LogP contribution in [0.4, 0.5) is 15.9 Å². The molecule has 1 N–H and O–H groups in total. The van der Waals surface area contributed by atoms with Crippen LogP contribution in [0.5, 0.6) is 0 Å². The van der Waals surface area contributed by atoms with Gasteiger partial charge in [0.15, 0.2) is 0 Å². The number of rotatable bonds is 5. The molecule has 1 saturated carbocycles. The van der Waals surface area contributed by atoms with Crippen LogP contribution >= 0.6 is 0 Å². The second-order valence-corrected chi connectivity index (χ2v) is 9.70. The van der Waals surface area contributed by atoms with E-state index >= 15 is 0 Å². The number of benzene rings is 3. The number of methoxy groups -OCH3 is 1. The fourth-order valence-electron chi connectivity index (χ4n) is 5.25. The molecule has 0 bridgehead atoms. The van der Waals surface area contributed by atoms with E-state index in [4.69, 9.17) is 14.7 Å². The average Bonchev–Trinajstić information content (AvgIpc) is 2.97. The molecule has 2 aliphatic carbocycles. The number of hydrogen-bond acceptors (Lipinski definition) is 6. The van der Waals surface area contributed by atoms with E-state index in [1.54, 1.807) is 37.6 Å². The first-order valence-electron chi connectivity index (χ1n) is 13.0. The lowest BCUT2D eigenvalue weighted by molar-refractivity contribution is 0.0663. The van der Waals surface area contributed by atoms with Gasteiger partial charge in [-0.1, -0.05) is 12.1 Å². The molecule has 39 heavy (non-hydrogen) atoms. The van der Waals surface area contributed by atoms with Gasteiger partial charge in [0.1, 0.15) is 17.7 Å². The van der Waals surface area contributed by atoms with Crippen LogP contribution in [0.3, 0.4) is 0 Å². The summed E-state index contributed by atoms with van der Waals surface area (Å²) in [6.07, 6.45) is 5.70. The Labute approximate surface area is 225 Å². The number of aromatic nitrogens is 3. The Morgan fingerprint density at radius 3 is 2.59 bits per heavy atom. The first-order chi connectivity index (χ1) is 19.1. The van der Waals surface area contributed by atoms with Gasteiger partial charge in [-0.05, 0) is 86.3 Å². The van der Waals surface area contributed by atoms with E-state index in [0.29, 0.717) is 11.4 Å². The third kappa shape index (κ3) is 4.97. The van der Waals surface area contributed by atoms with Gasteiger partial charge in [-0.15, -0.1) is 0 Å². The molecule has 8 heteroatoms. The number of nitrogens with one attached hydrogen (secondary N) is 1. The number of nitrogens with zero attached hydrogens (tertiary/aromatic N) is 5. The number of anilines is 2. The van der Waals surface area contributed by atoms with E-state index < -0.39 is 0 Å². The van der Waals surface area contributed by atoms with Crippen LogP contribution in [0.1, 0.15) is 31.2 Å². The van der Waals surface area contributed by atoms with E-state index in [1.807, 2.05) is 36.4 Å². The molecule has 0 amide bonds. The van der Waals surface area contributed by atoms with Crippen molar-refractivity contribution >= 4 is 22.5 Å². The summed E-state index contributed by atoms with van der Waals surface area (Å²) < 4.78 is 21.5. The third-order valence-corrected chi connectivity index (χ3v) is 7.26. The van der Waals surface area contributed by atoms with E-state index in [0.717, 1.165) is 64.8 Å². The predicted octanol–water partition coefficient (Wildman–Crippen LogP) is 6.14. The Kier molecular flexibility index (Phi) is 6.74. The quantitative estimate of drug-likeness (QED) is 0.283. The van der Waals surface area contributed by atoms with Crippen molar-refractivity contribution in [2.75, 3.05) is 12.4 Å². The number of para-hydroxylation sites is 2. The Balaban J connectivity index is 1.59. The fraction of sp³-hybridized carbons (Fsp3) is 0.226. The van der Waals surface area contributed by atoms with Crippen LogP contribution in [0.2, 0.25) is 0 Å². The van der Waals surface area contributed by atoms with Crippen molar-refractivity contribution in [1.82, 2.24) is 14.5 Å². The standard InChI is InChI=1S/C31H27FN6O/c1-39-24-14-10-22(11-15-24)35-27-18-30-28(17-26(27)37-31-20(19-33)5-4-16-34-31)36-25-6-2-3-7-29(25)38(30)23-12-8-21(32)9-13-23/h2-9,12-13,16-18,22,24H,10-11,14-15H2,1H3,(H,34,37)/b35-27+. The van der Waals surface area contributed by atoms with Gasteiger partial charge in [-0.25, -0.2) is 14.4 Å². The van der Waals surface area contributed by atoms with Gasteiger partial charge < -0.3 is 14.6 Å². The van der Waals surface area contributed by atoms with Crippen molar-refractivity contribution in [3.05, 3.63) is 95.7 Å². The Morgan fingerprint density at radius 1 is 1.03 bits per heavy atom. The lowest BCUT2D eigenvalue weighted by atomic mass is 9.93. The molecular formula is C31H27FN6O. The molecule has 7 nitrogen and oxygen atoms in total. The number of fused-ring (bicyclic) bond motifs is 2. The van der Waals surface area contributed by atoms with Gasteiger partial charge in [-0.2, -0.15) is 5.26 Å². The van der Waals surface area contributed by atoms with Crippen LogP contribution in [-0.2, 0) is 4.74 Å². The van der Waals surface area contributed by atoms with Gasteiger partial charge >= 0.3 is 0 Å². The number of pyridine rings is 1. The molecule has 0 saturated heterocycles. The number of nitriles is 1. The monoisotopic (exact) mass is 518 g/mol. The van der Waals surface area contributed by atoms with Crippen LogP contribution in [-0.4, -0.2) is 33.8 Å². The Bertz CT molecular complexity index is 1710. The van der Waals surface area contributed by atoms with Gasteiger partial charge in [0, 0.05) is 19.0 Å². The second-order valence-electron chi connectivity index (χ2n) is 9.70. The largest absolute Gasteiger partial charge is 0.381 e. The van der Waals surface area contributed by atoms with E-state index in [-0.39, 0.29) is 18.0 Å². The van der Waals surface area contributed by atoms with E-state index in [9.17, 15) is 9.65 Å². The van der Waals surface area contributed by atoms with Crippen molar-refractivity contribution in [3.63, 3.8) is 0 Å². The minimum absolute atomic E-state index is 0.140. The molecular weight excluding hydrogens is 491 g/mol. The molecule has 1 fully saturated rings. The van der Waals surface area contributed by atoms with Crippen LogP contribution in [0, 0.1) is 17.1 Å². The maximum Gasteiger partial charge on any atom is 0.148 e. The van der Waals surface area contributed by atoms with Crippen LogP contribution in [0.15, 0.2) is 84.0 Å². The third-order valence-electron chi connectivity index (χ3n) is 7.26. The summed E-state index contributed by atoms with van der Waals surface area (Å²) in [5.74, 6) is 0.172. The summed E-state index contributed by atoms with van der Waals surface area (Å²) >= 11 is 0. The normalized spacial score (nSPS) is 17.8.